The van der Waals surface area contributed by atoms with Crippen molar-refractivity contribution >= 4 is 27.5 Å². The van der Waals surface area contributed by atoms with Crippen molar-refractivity contribution in [2.75, 3.05) is 11.9 Å². The molecule has 16 heavy (non-hydrogen) atoms. The number of carbonyl (C=O) groups excluding carboxylic acids is 1. The Hall–Kier alpha value is -0.870. The summed E-state index contributed by atoms with van der Waals surface area (Å²) >= 11 is 3.43. The summed E-state index contributed by atoms with van der Waals surface area (Å²) in [5, 5.41) is 6.05. The molecule has 0 saturated heterocycles. The fraction of sp³-hybridized carbons (Fsp3) is 0.417. The van der Waals surface area contributed by atoms with E-state index < -0.39 is 0 Å². The summed E-state index contributed by atoms with van der Waals surface area (Å²) < 4.78 is 1.06. The van der Waals surface area contributed by atoms with Gasteiger partial charge in [-0.15, -0.1) is 0 Å². The van der Waals surface area contributed by atoms with Crippen LogP contribution in [0.15, 0.2) is 22.7 Å². The van der Waals surface area contributed by atoms with Crippen LogP contribution in [0.25, 0.3) is 0 Å². The Morgan fingerprint density at radius 1 is 1.50 bits per heavy atom. The number of nitrogens with one attached hydrogen (secondary N) is 2. The van der Waals surface area contributed by atoms with Crippen LogP contribution in [0.5, 0.6) is 0 Å². The molecule has 0 aliphatic heterocycles. The molecule has 3 nitrogen and oxygen atoms in total. The molecular weight excluding hydrogens is 268 g/mol. The first-order valence-corrected chi connectivity index (χ1v) is 6.24. The number of anilines is 1. The molecule has 2 rings (SSSR count). The number of aryl methyl sites for hydroxylation is 1. The van der Waals surface area contributed by atoms with Crippen LogP contribution in [0.3, 0.4) is 0 Å². The van der Waals surface area contributed by atoms with E-state index in [0.717, 1.165) is 15.7 Å². The summed E-state index contributed by atoms with van der Waals surface area (Å²) in [6, 6.07) is 6.36. The molecule has 2 N–H and O–H groups in total. The molecule has 4 heteroatoms. The van der Waals surface area contributed by atoms with Crippen LogP contribution in [0.2, 0.25) is 0 Å². The number of hydrogen-bond acceptors (Lipinski definition) is 2. The standard InChI is InChI=1S/C12H15BrN2O/c1-8-6-10(4-5-11(8)13)15-12(16)7-14-9-2-3-9/h4-6,9,14H,2-3,7H2,1H3,(H,15,16). The predicted molar refractivity (Wildman–Crippen MR) is 68.5 cm³/mol. The molecule has 0 atom stereocenters. The molecule has 1 aliphatic rings. The normalized spacial score (nSPS) is 14.9. The fourth-order valence-electron chi connectivity index (χ4n) is 1.45. The van der Waals surface area contributed by atoms with Gasteiger partial charge in [0.15, 0.2) is 0 Å². The van der Waals surface area contributed by atoms with Crippen molar-refractivity contribution in [3.63, 3.8) is 0 Å². The van der Waals surface area contributed by atoms with Crippen molar-refractivity contribution in [3.05, 3.63) is 28.2 Å². The maximum absolute atomic E-state index is 11.6. The summed E-state index contributed by atoms with van der Waals surface area (Å²) in [5.41, 5.74) is 1.97. The first-order chi connectivity index (χ1) is 7.65. The van der Waals surface area contributed by atoms with Crippen molar-refractivity contribution in [1.29, 1.82) is 0 Å². The van der Waals surface area contributed by atoms with Gasteiger partial charge in [0, 0.05) is 16.2 Å². The molecule has 1 saturated carbocycles. The summed E-state index contributed by atoms with van der Waals surface area (Å²) in [6.07, 6.45) is 2.40. The third-order valence-corrected chi connectivity index (χ3v) is 3.46. The van der Waals surface area contributed by atoms with Gasteiger partial charge >= 0.3 is 0 Å². The molecule has 0 aromatic heterocycles. The Morgan fingerprint density at radius 3 is 2.88 bits per heavy atom. The summed E-state index contributed by atoms with van der Waals surface area (Å²) in [4.78, 5) is 11.6. The highest BCUT2D eigenvalue weighted by atomic mass is 79.9. The average Bonchev–Trinajstić information content (AvgIpc) is 3.04. The minimum atomic E-state index is 0.0219. The average molecular weight is 283 g/mol. The van der Waals surface area contributed by atoms with Crippen LogP contribution >= 0.6 is 15.9 Å². The molecule has 1 aromatic carbocycles. The van der Waals surface area contributed by atoms with E-state index in [0.29, 0.717) is 12.6 Å². The Morgan fingerprint density at radius 2 is 2.25 bits per heavy atom. The molecule has 0 bridgehead atoms. The molecule has 1 aromatic rings. The van der Waals surface area contributed by atoms with Gasteiger partial charge in [-0.05, 0) is 43.5 Å². The van der Waals surface area contributed by atoms with E-state index >= 15 is 0 Å². The van der Waals surface area contributed by atoms with Crippen LogP contribution < -0.4 is 10.6 Å². The van der Waals surface area contributed by atoms with Gasteiger partial charge < -0.3 is 10.6 Å². The fourth-order valence-corrected chi connectivity index (χ4v) is 1.70. The molecule has 0 radical (unpaired) electrons. The monoisotopic (exact) mass is 282 g/mol. The summed E-state index contributed by atoms with van der Waals surface area (Å²) in [5.74, 6) is 0.0219. The van der Waals surface area contributed by atoms with Crippen LogP contribution in [-0.4, -0.2) is 18.5 Å². The van der Waals surface area contributed by atoms with Crippen LogP contribution in [-0.2, 0) is 4.79 Å². The first kappa shape index (κ1) is 11.6. The van der Waals surface area contributed by atoms with Gasteiger partial charge in [-0.3, -0.25) is 4.79 Å². The highest BCUT2D eigenvalue weighted by molar-refractivity contribution is 9.10. The molecule has 0 spiro atoms. The maximum Gasteiger partial charge on any atom is 0.238 e. The topological polar surface area (TPSA) is 41.1 Å². The number of halogens is 1. The number of amides is 1. The highest BCUT2D eigenvalue weighted by Gasteiger charge is 2.21. The van der Waals surface area contributed by atoms with Crippen molar-refractivity contribution in [2.24, 2.45) is 0 Å². The highest BCUT2D eigenvalue weighted by Crippen LogP contribution is 2.20. The van der Waals surface area contributed by atoms with E-state index in [1.807, 2.05) is 25.1 Å². The largest absolute Gasteiger partial charge is 0.325 e. The lowest BCUT2D eigenvalue weighted by Gasteiger charge is -2.07. The zero-order chi connectivity index (χ0) is 11.5. The molecule has 86 valence electrons. The van der Waals surface area contributed by atoms with Gasteiger partial charge in [0.1, 0.15) is 0 Å². The van der Waals surface area contributed by atoms with Crippen LogP contribution in [0, 0.1) is 6.92 Å². The predicted octanol–water partition coefficient (Wildman–Crippen LogP) is 2.45. The van der Waals surface area contributed by atoms with Gasteiger partial charge in [-0.2, -0.15) is 0 Å². The molecule has 0 unspecified atom stereocenters. The second kappa shape index (κ2) is 4.97. The SMILES string of the molecule is Cc1cc(NC(=O)CNC2CC2)ccc1Br. The zero-order valence-corrected chi connectivity index (χ0v) is 10.8. The summed E-state index contributed by atoms with van der Waals surface area (Å²) in [7, 11) is 0. The Balaban J connectivity index is 1.86. The van der Waals surface area contributed by atoms with E-state index in [1.165, 1.54) is 12.8 Å². The smallest absolute Gasteiger partial charge is 0.238 e. The first-order valence-electron chi connectivity index (χ1n) is 5.44. The van der Waals surface area contributed by atoms with Gasteiger partial charge in [0.2, 0.25) is 5.91 Å². The van der Waals surface area contributed by atoms with E-state index in [9.17, 15) is 4.79 Å². The molecular formula is C12H15BrN2O. The van der Waals surface area contributed by atoms with Gasteiger partial charge in [0.05, 0.1) is 6.54 Å². The number of carbonyl (C=O) groups is 1. The number of hydrogen-bond donors (Lipinski definition) is 2. The third kappa shape index (κ3) is 3.32. The van der Waals surface area contributed by atoms with Crippen molar-refractivity contribution in [2.45, 2.75) is 25.8 Å². The van der Waals surface area contributed by atoms with Crippen LogP contribution in [0.4, 0.5) is 5.69 Å². The number of benzene rings is 1. The van der Waals surface area contributed by atoms with Gasteiger partial charge in [0.25, 0.3) is 0 Å². The Kier molecular flexibility index (Phi) is 3.61. The minimum absolute atomic E-state index is 0.0219. The van der Waals surface area contributed by atoms with Crippen molar-refractivity contribution in [3.8, 4) is 0 Å². The second-order valence-electron chi connectivity index (χ2n) is 4.17. The third-order valence-electron chi connectivity index (χ3n) is 2.57. The van der Waals surface area contributed by atoms with E-state index in [-0.39, 0.29) is 5.91 Å². The lowest BCUT2D eigenvalue weighted by Crippen LogP contribution is -2.29. The molecule has 1 fully saturated rings. The van der Waals surface area contributed by atoms with Gasteiger partial charge in [-0.25, -0.2) is 0 Å². The van der Waals surface area contributed by atoms with Gasteiger partial charge in [-0.1, -0.05) is 15.9 Å². The maximum atomic E-state index is 11.6. The Labute approximate surface area is 104 Å². The Bertz CT molecular complexity index is 402. The second-order valence-corrected chi connectivity index (χ2v) is 5.02. The van der Waals surface area contributed by atoms with E-state index in [1.54, 1.807) is 0 Å². The summed E-state index contributed by atoms with van der Waals surface area (Å²) in [6.45, 7) is 2.40. The van der Waals surface area contributed by atoms with E-state index in [2.05, 4.69) is 26.6 Å². The van der Waals surface area contributed by atoms with Crippen molar-refractivity contribution in [1.82, 2.24) is 5.32 Å². The molecule has 1 aliphatic carbocycles. The molecule has 0 heterocycles. The zero-order valence-electron chi connectivity index (χ0n) is 9.22. The lowest BCUT2D eigenvalue weighted by atomic mass is 10.2. The quantitative estimate of drug-likeness (QED) is 0.891. The van der Waals surface area contributed by atoms with E-state index in [4.69, 9.17) is 0 Å². The lowest BCUT2D eigenvalue weighted by molar-refractivity contribution is -0.115. The van der Waals surface area contributed by atoms with Crippen LogP contribution in [0.1, 0.15) is 18.4 Å². The number of rotatable bonds is 4. The van der Waals surface area contributed by atoms with Crippen molar-refractivity contribution < 1.29 is 4.79 Å². The molecule has 1 amide bonds. The minimum Gasteiger partial charge on any atom is -0.325 e.